The molecule has 0 fully saturated rings. The summed E-state index contributed by atoms with van der Waals surface area (Å²) >= 11 is 0. The van der Waals surface area contributed by atoms with Crippen molar-refractivity contribution in [3.8, 4) is 5.75 Å². The van der Waals surface area contributed by atoms with Crippen molar-refractivity contribution in [2.45, 2.75) is 33.7 Å². The van der Waals surface area contributed by atoms with Crippen LogP contribution in [0.5, 0.6) is 5.75 Å². The number of hydrogen-bond donors (Lipinski definition) is 1. The molecule has 0 aliphatic heterocycles. The topological polar surface area (TPSA) is 34.4 Å². The van der Waals surface area contributed by atoms with Crippen molar-refractivity contribution in [2.75, 3.05) is 13.2 Å². The first kappa shape index (κ1) is 14.7. The van der Waals surface area contributed by atoms with Crippen molar-refractivity contribution >= 4 is 0 Å². The highest BCUT2D eigenvalue weighted by molar-refractivity contribution is 5.43. The van der Waals surface area contributed by atoms with E-state index in [4.69, 9.17) is 9.15 Å². The van der Waals surface area contributed by atoms with Crippen molar-refractivity contribution in [3.05, 3.63) is 53.0 Å². The molecule has 0 aliphatic rings. The van der Waals surface area contributed by atoms with Crippen molar-refractivity contribution in [3.63, 3.8) is 0 Å². The number of aryl methyl sites for hydroxylation is 2. The second-order valence-corrected chi connectivity index (χ2v) is 4.93. The van der Waals surface area contributed by atoms with E-state index in [-0.39, 0.29) is 6.04 Å². The Bertz CT molecular complexity index is 560. The summed E-state index contributed by atoms with van der Waals surface area (Å²) in [7, 11) is 0. The number of furan rings is 1. The van der Waals surface area contributed by atoms with Gasteiger partial charge in [-0.05, 0) is 45.0 Å². The number of benzene rings is 1. The lowest BCUT2D eigenvalue weighted by molar-refractivity contribution is 0.330. The second-order valence-electron chi connectivity index (χ2n) is 4.93. The van der Waals surface area contributed by atoms with E-state index >= 15 is 0 Å². The molecule has 1 atom stereocenters. The molecule has 2 rings (SSSR count). The first-order chi connectivity index (χ1) is 9.67. The molecule has 0 saturated carbocycles. The molecule has 1 heterocycles. The van der Waals surface area contributed by atoms with Crippen LogP contribution >= 0.6 is 0 Å². The van der Waals surface area contributed by atoms with Gasteiger partial charge in [0.2, 0.25) is 0 Å². The molecule has 1 N–H and O–H groups in total. The maximum atomic E-state index is 5.78. The van der Waals surface area contributed by atoms with Gasteiger partial charge in [0.1, 0.15) is 11.5 Å². The summed E-state index contributed by atoms with van der Waals surface area (Å²) in [5.41, 5.74) is 3.50. The highest BCUT2D eigenvalue weighted by Crippen LogP contribution is 2.33. The van der Waals surface area contributed by atoms with Gasteiger partial charge in [0.25, 0.3) is 0 Å². The van der Waals surface area contributed by atoms with Crippen LogP contribution in [0.3, 0.4) is 0 Å². The minimum atomic E-state index is 0.0245. The Morgan fingerprint density at radius 1 is 1.20 bits per heavy atom. The smallest absolute Gasteiger partial charge is 0.128 e. The number of ether oxygens (including phenoxy) is 1. The lowest BCUT2D eigenvalue weighted by Gasteiger charge is -2.21. The molecule has 0 spiro atoms. The molecule has 1 unspecified atom stereocenters. The van der Waals surface area contributed by atoms with Gasteiger partial charge in [0.05, 0.1) is 18.9 Å². The van der Waals surface area contributed by atoms with E-state index in [2.05, 4.69) is 38.2 Å². The van der Waals surface area contributed by atoms with Crippen molar-refractivity contribution < 1.29 is 9.15 Å². The molecule has 3 nitrogen and oxygen atoms in total. The molecule has 0 amide bonds. The molecular weight excluding hydrogens is 250 g/mol. The number of nitrogens with one attached hydrogen (secondary N) is 1. The zero-order chi connectivity index (χ0) is 14.5. The molecule has 2 aromatic rings. The van der Waals surface area contributed by atoms with Crippen LogP contribution in [0.25, 0.3) is 0 Å². The van der Waals surface area contributed by atoms with Gasteiger partial charge >= 0.3 is 0 Å². The summed E-state index contributed by atoms with van der Waals surface area (Å²) in [4.78, 5) is 0. The van der Waals surface area contributed by atoms with Crippen LogP contribution in [0.1, 0.15) is 42.3 Å². The Kier molecular flexibility index (Phi) is 4.85. The fourth-order valence-electron chi connectivity index (χ4n) is 2.41. The number of rotatable bonds is 6. The first-order valence-corrected chi connectivity index (χ1v) is 7.18. The van der Waals surface area contributed by atoms with Gasteiger partial charge in [-0.3, -0.25) is 0 Å². The molecule has 0 bridgehead atoms. The molecule has 20 heavy (non-hydrogen) atoms. The maximum absolute atomic E-state index is 5.78. The van der Waals surface area contributed by atoms with Crippen LogP contribution in [0, 0.1) is 13.8 Å². The molecule has 0 radical (unpaired) electrons. The minimum Gasteiger partial charge on any atom is -0.494 e. The Balaban J connectivity index is 2.48. The summed E-state index contributed by atoms with van der Waals surface area (Å²) in [6.45, 7) is 9.79. The Labute approximate surface area is 121 Å². The van der Waals surface area contributed by atoms with E-state index in [0.717, 1.165) is 29.2 Å². The Morgan fingerprint density at radius 3 is 2.60 bits per heavy atom. The predicted octanol–water partition coefficient (Wildman–Crippen LogP) is 3.99. The van der Waals surface area contributed by atoms with Crippen LogP contribution in [-0.2, 0) is 0 Å². The lowest BCUT2D eigenvalue weighted by Crippen LogP contribution is -2.23. The van der Waals surface area contributed by atoms with Gasteiger partial charge in [-0.2, -0.15) is 0 Å². The summed E-state index contributed by atoms with van der Waals surface area (Å²) in [6.07, 6.45) is 1.74. The first-order valence-electron chi connectivity index (χ1n) is 7.18. The Hall–Kier alpha value is -1.74. The highest BCUT2D eigenvalue weighted by atomic mass is 16.5. The van der Waals surface area contributed by atoms with Crippen molar-refractivity contribution in [1.29, 1.82) is 0 Å². The van der Waals surface area contributed by atoms with E-state index in [1.807, 2.05) is 19.1 Å². The van der Waals surface area contributed by atoms with Gasteiger partial charge in [-0.15, -0.1) is 0 Å². The molecular formula is C17H23NO2. The summed E-state index contributed by atoms with van der Waals surface area (Å²) in [5.74, 6) is 1.87. The molecule has 3 heteroatoms. The SMILES string of the molecule is CCNC(c1cc(C)ccc1OCC)c1occc1C. The maximum Gasteiger partial charge on any atom is 0.128 e. The van der Waals surface area contributed by atoms with Crippen LogP contribution in [0.15, 0.2) is 34.9 Å². The zero-order valence-electron chi connectivity index (χ0n) is 12.7. The molecule has 0 aliphatic carbocycles. The lowest BCUT2D eigenvalue weighted by atomic mass is 9.99. The average Bonchev–Trinajstić information content (AvgIpc) is 2.85. The normalized spacial score (nSPS) is 12.4. The Morgan fingerprint density at radius 2 is 2.00 bits per heavy atom. The van der Waals surface area contributed by atoms with Crippen LogP contribution < -0.4 is 10.1 Å². The molecule has 1 aromatic heterocycles. The average molecular weight is 273 g/mol. The van der Waals surface area contributed by atoms with Gasteiger partial charge in [-0.1, -0.05) is 24.6 Å². The zero-order valence-corrected chi connectivity index (χ0v) is 12.7. The summed E-state index contributed by atoms with van der Waals surface area (Å²) < 4.78 is 11.5. The summed E-state index contributed by atoms with van der Waals surface area (Å²) in [6, 6.07) is 8.30. The van der Waals surface area contributed by atoms with Crippen LogP contribution in [-0.4, -0.2) is 13.2 Å². The third-order valence-electron chi connectivity index (χ3n) is 3.35. The molecule has 1 aromatic carbocycles. The largest absolute Gasteiger partial charge is 0.494 e. The van der Waals surface area contributed by atoms with Crippen molar-refractivity contribution in [1.82, 2.24) is 5.32 Å². The monoisotopic (exact) mass is 273 g/mol. The molecule has 0 saturated heterocycles. The standard InChI is InChI=1S/C17H23NO2/c1-5-18-16(17-13(4)9-10-20-17)14-11-12(3)7-8-15(14)19-6-2/h7-11,16,18H,5-6H2,1-4H3. The van der Waals surface area contributed by atoms with Crippen molar-refractivity contribution in [2.24, 2.45) is 0 Å². The van der Waals surface area contributed by atoms with E-state index in [1.54, 1.807) is 6.26 Å². The quantitative estimate of drug-likeness (QED) is 0.864. The van der Waals surface area contributed by atoms with Gasteiger partial charge in [-0.25, -0.2) is 0 Å². The van der Waals surface area contributed by atoms with Gasteiger partial charge in [0, 0.05) is 5.56 Å². The number of hydrogen-bond acceptors (Lipinski definition) is 3. The fraction of sp³-hybridized carbons (Fsp3) is 0.412. The highest BCUT2D eigenvalue weighted by Gasteiger charge is 2.22. The predicted molar refractivity (Wildman–Crippen MR) is 81.3 cm³/mol. The van der Waals surface area contributed by atoms with E-state index in [0.29, 0.717) is 6.61 Å². The van der Waals surface area contributed by atoms with Gasteiger partial charge in [0.15, 0.2) is 0 Å². The van der Waals surface area contributed by atoms with Crippen LogP contribution in [0.4, 0.5) is 0 Å². The fourth-order valence-corrected chi connectivity index (χ4v) is 2.41. The van der Waals surface area contributed by atoms with Gasteiger partial charge < -0.3 is 14.5 Å². The van der Waals surface area contributed by atoms with E-state index in [1.165, 1.54) is 5.56 Å². The minimum absolute atomic E-state index is 0.0245. The van der Waals surface area contributed by atoms with Crippen LogP contribution in [0.2, 0.25) is 0 Å². The third-order valence-corrected chi connectivity index (χ3v) is 3.35. The summed E-state index contributed by atoms with van der Waals surface area (Å²) in [5, 5.41) is 3.49. The second kappa shape index (κ2) is 6.62. The third kappa shape index (κ3) is 3.05. The van der Waals surface area contributed by atoms with E-state index < -0.39 is 0 Å². The molecule has 108 valence electrons. The van der Waals surface area contributed by atoms with E-state index in [9.17, 15) is 0 Å².